The summed E-state index contributed by atoms with van der Waals surface area (Å²) in [6, 6.07) is 0.270. The first-order valence-corrected chi connectivity index (χ1v) is 8.39. The highest BCUT2D eigenvalue weighted by Crippen LogP contribution is 2.34. The van der Waals surface area contributed by atoms with Gasteiger partial charge in [0.25, 0.3) is 0 Å². The number of hydrogen-bond donors (Lipinski definition) is 2. The minimum atomic E-state index is 0.270. The average Bonchev–Trinajstić information content (AvgIpc) is 2.92. The Balaban J connectivity index is 1.88. The molecule has 3 N–H and O–H groups in total. The third kappa shape index (κ3) is 3.23. The monoisotopic (exact) mass is 320 g/mol. The molecule has 0 bridgehead atoms. The van der Waals surface area contributed by atoms with Gasteiger partial charge in [0.15, 0.2) is 0 Å². The molecule has 16 heavy (non-hydrogen) atoms. The van der Waals surface area contributed by atoms with Gasteiger partial charge >= 0.3 is 0 Å². The van der Waals surface area contributed by atoms with Crippen LogP contribution in [0.25, 0.3) is 0 Å². The molecule has 0 aliphatic heterocycles. The van der Waals surface area contributed by atoms with Gasteiger partial charge in [-0.3, -0.25) is 11.3 Å². The third-order valence-corrected chi connectivity index (χ3v) is 6.24. The molecule has 1 aliphatic rings. The van der Waals surface area contributed by atoms with Crippen molar-refractivity contribution in [2.75, 3.05) is 5.75 Å². The fourth-order valence-electron chi connectivity index (χ4n) is 2.05. The van der Waals surface area contributed by atoms with Gasteiger partial charge in [0.05, 0.1) is 6.04 Å². The van der Waals surface area contributed by atoms with E-state index in [1.54, 1.807) is 11.3 Å². The van der Waals surface area contributed by atoms with Crippen molar-refractivity contribution in [2.45, 2.75) is 37.0 Å². The molecule has 1 heterocycles. The molecular formula is C11H17BrN2S2. The van der Waals surface area contributed by atoms with Crippen molar-refractivity contribution >= 4 is 39.0 Å². The second-order valence-electron chi connectivity index (χ2n) is 4.13. The van der Waals surface area contributed by atoms with Crippen LogP contribution in [0.4, 0.5) is 0 Å². The van der Waals surface area contributed by atoms with Crippen LogP contribution in [-0.2, 0) is 0 Å². The normalized spacial score (nSPS) is 19.1. The van der Waals surface area contributed by atoms with Crippen molar-refractivity contribution < 1.29 is 0 Å². The first-order chi connectivity index (χ1) is 7.81. The summed E-state index contributed by atoms with van der Waals surface area (Å²) in [4.78, 5) is 0. The zero-order valence-corrected chi connectivity index (χ0v) is 12.3. The molecular weight excluding hydrogens is 304 g/mol. The van der Waals surface area contributed by atoms with E-state index < -0.39 is 0 Å². The molecule has 1 fully saturated rings. The van der Waals surface area contributed by atoms with E-state index in [1.807, 2.05) is 0 Å². The Hall–Kier alpha value is 0.450. The Bertz CT molecular complexity index is 324. The van der Waals surface area contributed by atoms with Gasteiger partial charge in [-0.2, -0.15) is 23.1 Å². The number of hydrazine groups is 1. The molecule has 2 nitrogen and oxygen atoms in total. The standard InChI is InChI=1S/C11H17BrN2S2/c12-10-6-15-5-9(10)11(14-13)7-16-8-3-1-2-4-8/h5-6,8,11,14H,1-4,7,13H2. The molecule has 1 saturated carbocycles. The van der Waals surface area contributed by atoms with E-state index >= 15 is 0 Å². The molecule has 0 spiro atoms. The minimum Gasteiger partial charge on any atom is -0.271 e. The highest BCUT2D eigenvalue weighted by Gasteiger charge is 2.19. The number of hydrogen-bond acceptors (Lipinski definition) is 4. The van der Waals surface area contributed by atoms with Crippen LogP contribution in [0, 0.1) is 0 Å². The predicted molar refractivity (Wildman–Crippen MR) is 76.8 cm³/mol. The van der Waals surface area contributed by atoms with Gasteiger partial charge < -0.3 is 0 Å². The number of thioether (sulfide) groups is 1. The highest BCUT2D eigenvalue weighted by molar-refractivity contribution is 9.10. The van der Waals surface area contributed by atoms with Crippen LogP contribution in [-0.4, -0.2) is 11.0 Å². The highest BCUT2D eigenvalue weighted by atomic mass is 79.9. The van der Waals surface area contributed by atoms with Gasteiger partial charge in [-0.1, -0.05) is 12.8 Å². The zero-order chi connectivity index (χ0) is 11.4. The molecule has 0 amide bonds. The number of rotatable bonds is 5. The van der Waals surface area contributed by atoms with E-state index in [2.05, 4.69) is 43.9 Å². The number of halogens is 1. The molecule has 90 valence electrons. The molecule has 1 atom stereocenters. The summed E-state index contributed by atoms with van der Waals surface area (Å²) >= 11 is 7.35. The average molecular weight is 321 g/mol. The van der Waals surface area contributed by atoms with E-state index in [-0.39, 0.29) is 6.04 Å². The van der Waals surface area contributed by atoms with Crippen LogP contribution < -0.4 is 11.3 Å². The molecule has 0 aromatic carbocycles. The van der Waals surface area contributed by atoms with Crippen LogP contribution in [0.1, 0.15) is 37.3 Å². The molecule has 2 rings (SSSR count). The summed E-state index contributed by atoms with van der Waals surface area (Å²) in [6.07, 6.45) is 5.57. The van der Waals surface area contributed by atoms with Crippen molar-refractivity contribution in [3.05, 3.63) is 20.8 Å². The fourth-order valence-corrected chi connectivity index (χ4v) is 5.09. The van der Waals surface area contributed by atoms with Crippen molar-refractivity contribution in [1.29, 1.82) is 0 Å². The van der Waals surface area contributed by atoms with E-state index in [1.165, 1.54) is 35.7 Å². The fraction of sp³-hybridized carbons (Fsp3) is 0.636. The Morgan fingerprint density at radius 1 is 1.50 bits per heavy atom. The van der Waals surface area contributed by atoms with Crippen molar-refractivity contribution in [3.8, 4) is 0 Å². The summed E-state index contributed by atoms with van der Waals surface area (Å²) < 4.78 is 1.17. The van der Waals surface area contributed by atoms with Gasteiger partial charge in [-0.05, 0) is 39.7 Å². The lowest BCUT2D eigenvalue weighted by Crippen LogP contribution is -2.30. The van der Waals surface area contributed by atoms with Crippen LogP contribution in [0.2, 0.25) is 0 Å². The van der Waals surface area contributed by atoms with Gasteiger partial charge in [0.2, 0.25) is 0 Å². The molecule has 1 aliphatic carbocycles. The number of thiophene rings is 1. The molecule has 1 aromatic rings. The SMILES string of the molecule is NNC(CSC1CCCC1)c1cscc1Br. The van der Waals surface area contributed by atoms with E-state index in [9.17, 15) is 0 Å². The zero-order valence-electron chi connectivity index (χ0n) is 9.12. The summed E-state index contributed by atoms with van der Waals surface area (Å²) in [5.74, 6) is 6.70. The van der Waals surface area contributed by atoms with Crippen LogP contribution >= 0.6 is 39.0 Å². The maximum Gasteiger partial charge on any atom is 0.0569 e. The summed E-state index contributed by atoms with van der Waals surface area (Å²) in [5, 5.41) is 5.14. The lowest BCUT2D eigenvalue weighted by molar-refractivity contribution is 0.609. The summed E-state index contributed by atoms with van der Waals surface area (Å²) in [7, 11) is 0. The largest absolute Gasteiger partial charge is 0.271 e. The first-order valence-electron chi connectivity index (χ1n) is 5.60. The van der Waals surface area contributed by atoms with Crippen molar-refractivity contribution in [2.24, 2.45) is 5.84 Å². The Morgan fingerprint density at radius 2 is 2.25 bits per heavy atom. The third-order valence-electron chi connectivity index (χ3n) is 3.02. The van der Waals surface area contributed by atoms with Crippen LogP contribution in [0.3, 0.4) is 0 Å². The molecule has 5 heteroatoms. The lowest BCUT2D eigenvalue weighted by atomic mass is 10.2. The van der Waals surface area contributed by atoms with Gasteiger partial charge in [0, 0.05) is 20.9 Å². The quantitative estimate of drug-likeness (QED) is 0.642. The maximum absolute atomic E-state index is 5.64. The molecule has 1 unspecified atom stereocenters. The van der Waals surface area contributed by atoms with Gasteiger partial charge in [-0.25, -0.2) is 0 Å². The maximum atomic E-state index is 5.64. The number of nitrogens with two attached hydrogens (primary N) is 1. The van der Waals surface area contributed by atoms with E-state index in [4.69, 9.17) is 5.84 Å². The molecule has 0 saturated heterocycles. The Morgan fingerprint density at radius 3 is 2.81 bits per heavy atom. The first kappa shape index (κ1) is 12.9. The number of nitrogens with one attached hydrogen (secondary N) is 1. The summed E-state index contributed by atoms with van der Waals surface area (Å²) in [5.41, 5.74) is 4.21. The smallest absolute Gasteiger partial charge is 0.0569 e. The second kappa shape index (κ2) is 6.40. The van der Waals surface area contributed by atoms with Gasteiger partial charge in [0.1, 0.15) is 0 Å². The van der Waals surface area contributed by atoms with Crippen molar-refractivity contribution in [1.82, 2.24) is 5.43 Å². The van der Waals surface area contributed by atoms with Crippen LogP contribution in [0.15, 0.2) is 15.2 Å². The Kier molecular flexibility index (Phi) is 5.16. The predicted octanol–water partition coefficient (Wildman–Crippen LogP) is 3.69. The van der Waals surface area contributed by atoms with Crippen LogP contribution in [0.5, 0.6) is 0 Å². The lowest BCUT2D eigenvalue weighted by Gasteiger charge is -2.17. The molecule has 0 radical (unpaired) electrons. The molecule has 1 aromatic heterocycles. The summed E-state index contributed by atoms with van der Waals surface area (Å²) in [6.45, 7) is 0. The van der Waals surface area contributed by atoms with Gasteiger partial charge in [-0.15, -0.1) is 0 Å². The topological polar surface area (TPSA) is 38.0 Å². The Labute approximate surface area is 113 Å². The van der Waals surface area contributed by atoms with E-state index in [0.29, 0.717) is 0 Å². The second-order valence-corrected chi connectivity index (χ2v) is 7.07. The van der Waals surface area contributed by atoms with E-state index in [0.717, 1.165) is 11.0 Å². The van der Waals surface area contributed by atoms with Crippen molar-refractivity contribution in [3.63, 3.8) is 0 Å². The minimum absolute atomic E-state index is 0.270.